The highest BCUT2D eigenvalue weighted by Gasteiger charge is 1.97. The lowest BCUT2D eigenvalue weighted by atomic mass is 10.2. The van der Waals surface area contributed by atoms with E-state index in [0.29, 0.717) is 6.42 Å². The molecule has 1 N–H and O–H groups in total. The normalized spacial score (nSPS) is 10.1. The lowest BCUT2D eigenvalue weighted by Gasteiger charge is -1.99. The minimum absolute atomic E-state index is 0.170. The first-order valence-corrected chi connectivity index (χ1v) is 4.74. The number of pyridine rings is 1. The van der Waals surface area contributed by atoms with Crippen LogP contribution < -0.4 is 0 Å². The van der Waals surface area contributed by atoms with Gasteiger partial charge in [-0.15, -0.1) is 0 Å². The minimum Gasteiger partial charge on any atom is -0.396 e. The Morgan fingerprint density at radius 1 is 1.27 bits per heavy atom. The Bertz CT molecular complexity index is 232. The van der Waals surface area contributed by atoms with Crippen molar-refractivity contribution in [2.24, 2.45) is 0 Å². The molecule has 1 aromatic rings. The SMILES string of the molecule is OCCc1cc(Br)nc(Br)c1. The maximum atomic E-state index is 8.65. The van der Waals surface area contributed by atoms with E-state index in [1.165, 1.54) is 0 Å². The van der Waals surface area contributed by atoms with Gasteiger partial charge in [-0.05, 0) is 56.0 Å². The second-order valence-electron chi connectivity index (χ2n) is 2.09. The van der Waals surface area contributed by atoms with Crippen LogP contribution in [0, 0.1) is 0 Å². The van der Waals surface area contributed by atoms with Crippen molar-refractivity contribution in [3.8, 4) is 0 Å². The van der Waals surface area contributed by atoms with Crippen LogP contribution >= 0.6 is 31.9 Å². The van der Waals surface area contributed by atoms with Crippen molar-refractivity contribution < 1.29 is 5.11 Å². The van der Waals surface area contributed by atoms with Gasteiger partial charge in [-0.1, -0.05) is 0 Å². The number of aliphatic hydroxyl groups is 1. The Hall–Kier alpha value is 0.0700. The molecule has 0 unspecified atom stereocenters. The van der Waals surface area contributed by atoms with Gasteiger partial charge < -0.3 is 5.11 Å². The molecule has 4 heteroatoms. The fourth-order valence-electron chi connectivity index (χ4n) is 0.788. The second-order valence-corrected chi connectivity index (χ2v) is 3.72. The monoisotopic (exact) mass is 279 g/mol. The summed E-state index contributed by atoms with van der Waals surface area (Å²) in [5, 5.41) is 8.65. The summed E-state index contributed by atoms with van der Waals surface area (Å²) in [7, 11) is 0. The Labute approximate surface area is 81.9 Å². The standard InChI is InChI=1S/C7H7Br2NO/c8-6-3-5(1-2-11)4-7(9)10-6/h3-4,11H,1-2H2. The van der Waals surface area contributed by atoms with E-state index >= 15 is 0 Å². The third kappa shape index (κ3) is 2.89. The van der Waals surface area contributed by atoms with Gasteiger partial charge in [0.2, 0.25) is 0 Å². The molecule has 1 rings (SSSR count). The topological polar surface area (TPSA) is 33.1 Å². The molecule has 0 aliphatic rings. The summed E-state index contributed by atoms with van der Waals surface area (Å²) < 4.78 is 1.57. The third-order valence-electron chi connectivity index (χ3n) is 1.22. The first-order chi connectivity index (χ1) is 5.22. The maximum absolute atomic E-state index is 8.65. The van der Waals surface area contributed by atoms with Crippen LogP contribution in [0.5, 0.6) is 0 Å². The molecule has 11 heavy (non-hydrogen) atoms. The number of hydrogen-bond donors (Lipinski definition) is 1. The van der Waals surface area contributed by atoms with Crippen molar-refractivity contribution in [1.82, 2.24) is 4.98 Å². The zero-order chi connectivity index (χ0) is 8.27. The Kier molecular flexibility index (Phi) is 3.48. The molecule has 0 spiro atoms. The molecule has 2 nitrogen and oxygen atoms in total. The summed E-state index contributed by atoms with van der Waals surface area (Å²) >= 11 is 6.52. The molecule has 0 aliphatic carbocycles. The van der Waals surface area contributed by atoms with Crippen molar-refractivity contribution in [3.63, 3.8) is 0 Å². The molecular weight excluding hydrogens is 274 g/mol. The molecule has 0 radical (unpaired) electrons. The molecule has 0 saturated heterocycles. The van der Waals surface area contributed by atoms with E-state index in [9.17, 15) is 0 Å². The molecule has 1 aromatic heterocycles. The predicted molar refractivity (Wildman–Crippen MR) is 50.4 cm³/mol. The molecule has 0 fully saturated rings. The van der Waals surface area contributed by atoms with Crippen LogP contribution in [-0.4, -0.2) is 16.7 Å². The summed E-state index contributed by atoms with van der Waals surface area (Å²) in [6.45, 7) is 0.170. The van der Waals surface area contributed by atoms with Gasteiger partial charge in [-0.3, -0.25) is 0 Å². The highest BCUT2D eigenvalue weighted by Crippen LogP contribution is 2.15. The van der Waals surface area contributed by atoms with Gasteiger partial charge >= 0.3 is 0 Å². The van der Waals surface area contributed by atoms with Crippen molar-refractivity contribution in [1.29, 1.82) is 0 Å². The number of aliphatic hydroxyl groups excluding tert-OH is 1. The zero-order valence-electron chi connectivity index (χ0n) is 5.72. The Morgan fingerprint density at radius 3 is 2.27 bits per heavy atom. The fraction of sp³-hybridized carbons (Fsp3) is 0.286. The van der Waals surface area contributed by atoms with Gasteiger partial charge in [0.1, 0.15) is 9.21 Å². The minimum atomic E-state index is 0.170. The molecular formula is C7H7Br2NO. The van der Waals surface area contributed by atoms with Crippen LogP contribution in [0.4, 0.5) is 0 Å². The lowest BCUT2D eigenvalue weighted by Crippen LogP contribution is -1.91. The van der Waals surface area contributed by atoms with Gasteiger partial charge in [0, 0.05) is 6.61 Å². The van der Waals surface area contributed by atoms with Gasteiger partial charge in [-0.25, -0.2) is 4.98 Å². The molecule has 0 aromatic carbocycles. The second kappa shape index (κ2) is 4.18. The van der Waals surface area contributed by atoms with Crippen LogP contribution in [0.3, 0.4) is 0 Å². The lowest BCUT2D eigenvalue weighted by molar-refractivity contribution is 0.299. The van der Waals surface area contributed by atoms with Crippen molar-refractivity contribution in [2.75, 3.05) is 6.61 Å². The van der Waals surface area contributed by atoms with Crippen LogP contribution in [-0.2, 0) is 6.42 Å². The number of hydrogen-bond acceptors (Lipinski definition) is 2. The average molecular weight is 281 g/mol. The Morgan fingerprint density at radius 2 is 1.82 bits per heavy atom. The van der Waals surface area contributed by atoms with Gasteiger partial charge in [0.25, 0.3) is 0 Å². The van der Waals surface area contributed by atoms with E-state index < -0.39 is 0 Å². The largest absolute Gasteiger partial charge is 0.396 e. The summed E-state index contributed by atoms with van der Waals surface area (Å²) in [6.07, 6.45) is 0.666. The van der Waals surface area contributed by atoms with Crippen molar-refractivity contribution >= 4 is 31.9 Å². The number of halogens is 2. The molecule has 60 valence electrons. The molecule has 0 bridgehead atoms. The fourth-order valence-corrected chi connectivity index (χ4v) is 2.00. The van der Waals surface area contributed by atoms with Crippen molar-refractivity contribution in [3.05, 3.63) is 26.9 Å². The Balaban J connectivity index is 2.89. The van der Waals surface area contributed by atoms with E-state index in [-0.39, 0.29) is 6.61 Å². The van der Waals surface area contributed by atoms with E-state index in [1.54, 1.807) is 0 Å². The number of rotatable bonds is 2. The number of nitrogens with zero attached hydrogens (tertiary/aromatic N) is 1. The molecule has 0 saturated carbocycles. The zero-order valence-corrected chi connectivity index (χ0v) is 8.89. The summed E-state index contributed by atoms with van der Waals surface area (Å²) in [6, 6.07) is 3.78. The maximum Gasteiger partial charge on any atom is 0.107 e. The molecule has 0 atom stereocenters. The average Bonchev–Trinajstić information content (AvgIpc) is 1.85. The van der Waals surface area contributed by atoms with Crippen molar-refractivity contribution in [2.45, 2.75) is 6.42 Å². The predicted octanol–water partition coefficient (Wildman–Crippen LogP) is 2.14. The third-order valence-corrected chi connectivity index (χ3v) is 2.04. The number of aromatic nitrogens is 1. The van der Waals surface area contributed by atoms with E-state index in [1.807, 2.05) is 12.1 Å². The van der Waals surface area contributed by atoms with Gasteiger partial charge in [-0.2, -0.15) is 0 Å². The van der Waals surface area contributed by atoms with Crippen LogP contribution in [0.25, 0.3) is 0 Å². The highest BCUT2D eigenvalue weighted by molar-refractivity contribution is 9.11. The first kappa shape index (κ1) is 9.16. The van der Waals surface area contributed by atoms with Gasteiger partial charge in [0.05, 0.1) is 0 Å². The summed E-state index contributed by atoms with van der Waals surface area (Å²) in [5.41, 5.74) is 1.07. The summed E-state index contributed by atoms with van der Waals surface area (Å²) in [5.74, 6) is 0. The first-order valence-electron chi connectivity index (χ1n) is 3.15. The smallest absolute Gasteiger partial charge is 0.107 e. The van der Waals surface area contributed by atoms with Gasteiger partial charge in [0.15, 0.2) is 0 Å². The molecule has 1 heterocycles. The van der Waals surface area contributed by atoms with E-state index in [0.717, 1.165) is 14.8 Å². The van der Waals surface area contributed by atoms with Crippen LogP contribution in [0.2, 0.25) is 0 Å². The quantitative estimate of drug-likeness (QED) is 0.842. The van der Waals surface area contributed by atoms with Crippen LogP contribution in [0.1, 0.15) is 5.56 Å². The van der Waals surface area contributed by atoms with E-state index in [4.69, 9.17) is 5.11 Å². The van der Waals surface area contributed by atoms with E-state index in [2.05, 4.69) is 36.8 Å². The molecule has 0 aliphatic heterocycles. The highest BCUT2D eigenvalue weighted by atomic mass is 79.9. The summed E-state index contributed by atoms with van der Waals surface area (Å²) in [4.78, 5) is 4.07. The van der Waals surface area contributed by atoms with Crippen LogP contribution in [0.15, 0.2) is 21.3 Å². The molecule has 0 amide bonds.